The quantitative estimate of drug-likeness (QED) is 0.611. The predicted molar refractivity (Wildman–Crippen MR) is 87.4 cm³/mol. The SMILES string of the molecule is Cc1nn(C)c(N2CCC[C@H](c3nc(N(C)C)no3)C2)c1[N+](=O)[O-]. The summed E-state index contributed by atoms with van der Waals surface area (Å²) in [4.78, 5) is 19.2. The minimum Gasteiger partial charge on any atom is -0.350 e. The van der Waals surface area contributed by atoms with Crippen molar-refractivity contribution in [2.75, 3.05) is 37.0 Å². The van der Waals surface area contributed by atoms with Crippen molar-refractivity contribution in [3.63, 3.8) is 0 Å². The van der Waals surface area contributed by atoms with Crippen LogP contribution in [-0.2, 0) is 7.05 Å². The van der Waals surface area contributed by atoms with Crippen LogP contribution in [-0.4, -0.2) is 52.0 Å². The van der Waals surface area contributed by atoms with Crippen LogP contribution in [0.15, 0.2) is 4.52 Å². The first kappa shape index (κ1) is 16.2. The fourth-order valence-electron chi connectivity index (χ4n) is 3.15. The van der Waals surface area contributed by atoms with Gasteiger partial charge in [-0.3, -0.25) is 10.1 Å². The van der Waals surface area contributed by atoms with Gasteiger partial charge in [0.1, 0.15) is 5.69 Å². The van der Waals surface area contributed by atoms with Gasteiger partial charge in [-0.05, 0) is 24.9 Å². The van der Waals surface area contributed by atoms with Gasteiger partial charge in [0.25, 0.3) is 5.95 Å². The molecule has 24 heavy (non-hydrogen) atoms. The van der Waals surface area contributed by atoms with Gasteiger partial charge in [0.05, 0.1) is 10.8 Å². The van der Waals surface area contributed by atoms with E-state index >= 15 is 0 Å². The lowest BCUT2D eigenvalue weighted by Crippen LogP contribution is -2.36. The molecule has 0 aliphatic carbocycles. The minimum atomic E-state index is -0.363. The number of hydrogen-bond acceptors (Lipinski definition) is 8. The molecule has 0 spiro atoms. The maximum Gasteiger partial charge on any atom is 0.333 e. The Bertz CT molecular complexity index is 752. The van der Waals surface area contributed by atoms with E-state index in [1.54, 1.807) is 23.6 Å². The molecule has 10 nitrogen and oxygen atoms in total. The summed E-state index contributed by atoms with van der Waals surface area (Å²) in [6.45, 7) is 2.99. The molecule has 0 saturated carbocycles. The van der Waals surface area contributed by atoms with Crippen LogP contribution in [0.5, 0.6) is 0 Å². The lowest BCUT2D eigenvalue weighted by atomic mass is 9.98. The Labute approximate surface area is 139 Å². The zero-order valence-corrected chi connectivity index (χ0v) is 14.3. The molecule has 1 aliphatic rings. The van der Waals surface area contributed by atoms with Crippen LogP contribution in [0.25, 0.3) is 0 Å². The largest absolute Gasteiger partial charge is 0.350 e. The summed E-state index contributed by atoms with van der Waals surface area (Å²) < 4.78 is 6.96. The molecule has 130 valence electrons. The van der Waals surface area contributed by atoms with E-state index in [9.17, 15) is 10.1 Å². The van der Waals surface area contributed by atoms with Crippen molar-refractivity contribution in [2.45, 2.75) is 25.7 Å². The molecule has 1 fully saturated rings. The van der Waals surface area contributed by atoms with Gasteiger partial charge >= 0.3 is 5.69 Å². The number of nitrogens with zero attached hydrogens (tertiary/aromatic N) is 7. The summed E-state index contributed by atoms with van der Waals surface area (Å²) in [5, 5.41) is 19.6. The Morgan fingerprint density at radius 2 is 2.17 bits per heavy atom. The van der Waals surface area contributed by atoms with Gasteiger partial charge in [-0.15, -0.1) is 0 Å². The number of aryl methyl sites for hydroxylation is 2. The molecule has 0 bridgehead atoms. The van der Waals surface area contributed by atoms with Gasteiger partial charge in [-0.25, -0.2) is 4.68 Å². The monoisotopic (exact) mass is 335 g/mol. The summed E-state index contributed by atoms with van der Waals surface area (Å²) >= 11 is 0. The van der Waals surface area contributed by atoms with Gasteiger partial charge in [0.2, 0.25) is 11.7 Å². The molecular formula is C14H21N7O3. The molecule has 0 radical (unpaired) electrons. The second-order valence-electron chi connectivity index (χ2n) is 6.25. The van der Waals surface area contributed by atoms with Crippen molar-refractivity contribution in [1.29, 1.82) is 0 Å². The normalized spacial score (nSPS) is 18.0. The highest BCUT2D eigenvalue weighted by molar-refractivity contribution is 5.61. The van der Waals surface area contributed by atoms with E-state index < -0.39 is 0 Å². The van der Waals surface area contributed by atoms with Crippen molar-refractivity contribution in [3.8, 4) is 0 Å². The van der Waals surface area contributed by atoms with Crippen LogP contribution < -0.4 is 9.80 Å². The van der Waals surface area contributed by atoms with Crippen molar-refractivity contribution >= 4 is 17.5 Å². The Hall–Kier alpha value is -2.65. The molecule has 3 rings (SSSR count). The van der Waals surface area contributed by atoms with Gasteiger partial charge in [0.15, 0.2) is 0 Å². The van der Waals surface area contributed by atoms with E-state index in [1.165, 1.54) is 0 Å². The molecule has 0 N–H and O–H groups in total. The third-order valence-electron chi connectivity index (χ3n) is 4.24. The first-order valence-electron chi connectivity index (χ1n) is 7.82. The zero-order chi connectivity index (χ0) is 17.4. The fraction of sp³-hybridized carbons (Fsp3) is 0.643. The minimum absolute atomic E-state index is 0.0507. The summed E-state index contributed by atoms with van der Waals surface area (Å²) in [6.07, 6.45) is 1.81. The van der Waals surface area contributed by atoms with Crippen LogP contribution in [0.4, 0.5) is 17.5 Å². The van der Waals surface area contributed by atoms with Crippen LogP contribution in [0.2, 0.25) is 0 Å². The molecule has 3 heterocycles. The average Bonchev–Trinajstić information content (AvgIpc) is 3.12. The maximum absolute atomic E-state index is 11.4. The van der Waals surface area contributed by atoms with Gasteiger partial charge < -0.3 is 14.3 Å². The zero-order valence-electron chi connectivity index (χ0n) is 14.3. The Balaban J connectivity index is 1.87. The fourth-order valence-corrected chi connectivity index (χ4v) is 3.15. The van der Waals surface area contributed by atoms with Crippen molar-refractivity contribution < 1.29 is 9.45 Å². The first-order valence-corrected chi connectivity index (χ1v) is 7.82. The van der Waals surface area contributed by atoms with Crippen LogP contribution in [0.3, 0.4) is 0 Å². The average molecular weight is 335 g/mol. The number of aromatic nitrogens is 4. The van der Waals surface area contributed by atoms with Crippen LogP contribution >= 0.6 is 0 Å². The molecule has 2 aromatic rings. The first-order chi connectivity index (χ1) is 11.4. The highest BCUT2D eigenvalue weighted by Gasteiger charge is 2.33. The van der Waals surface area contributed by atoms with Crippen LogP contribution in [0.1, 0.15) is 30.3 Å². The number of anilines is 2. The molecule has 1 aliphatic heterocycles. The molecule has 10 heteroatoms. The second-order valence-corrected chi connectivity index (χ2v) is 6.25. The highest BCUT2D eigenvalue weighted by atomic mass is 16.6. The molecule has 1 saturated heterocycles. The molecule has 0 unspecified atom stereocenters. The van der Waals surface area contributed by atoms with Crippen LogP contribution in [0, 0.1) is 17.0 Å². The third kappa shape index (κ3) is 2.79. The van der Waals surface area contributed by atoms with Crippen molar-refractivity contribution in [2.24, 2.45) is 7.05 Å². The Morgan fingerprint density at radius 1 is 1.42 bits per heavy atom. The van der Waals surface area contributed by atoms with E-state index in [1.807, 2.05) is 19.0 Å². The lowest BCUT2D eigenvalue weighted by molar-refractivity contribution is -0.384. The standard InChI is InChI=1S/C14H21N7O3/c1-9-11(21(22)23)13(19(4)16-9)20-7-5-6-10(8-20)12-15-14(17-24-12)18(2)3/h10H,5-8H2,1-4H3/t10-/m0/s1. The molecule has 1 atom stereocenters. The second kappa shape index (κ2) is 6.10. The van der Waals surface area contributed by atoms with E-state index in [2.05, 4.69) is 15.2 Å². The smallest absolute Gasteiger partial charge is 0.333 e. The molecule has 0 aromatic carbocycles. The van der Waals surface area contributed by atoms with E-state index in [-0.39, 0.29) is 16.5 Å². The Morgan fingerprint density at radius 3 is 2.79 bits per heavy atom. The van der Waals surface area contributed by atoms with Gasteiger partial charge in [-0.2, -0.15) is 10.1 Å². The lowest BCUT2D eigenvalue weighted by Gasteiger charge is -2.31. The van der Waals surface area contributed by atoms with Gasteiger partial charge in [0, 0.05) is 34.2 Å². The summed E-state index contributed by atoms with van der Waals surface area (Å²) in [6, 6.07) is 0. The van der Waals surface area contributed by atoms with E-state index in [4.69, 9.17) is 4.52 Å². The van der Waals surface area contributed by atoms with Crippen molar-refractivity contribution in [3.05, 3.63) is 21.7 Å². The topological polar surface area (TPSA) is 106 Å². The van der Waals surface area contributed by atoms with Crippen molar-refractivity contribution in [1.82, 2.24) is 19.9 Å². The third-order valence-corrected chi connectivity index (χ3v) is 4.24. The number of piperidine rings is 1. The van der Waals surface area contributed by atoms with Gasteiger partial charge in [-0.1, -0.05) is 0 Å². The molecule has 2 aromatic heterocycles. The summed E-state index contributed by atoms with van der Waals surface area (Å²) in [5.74, 6) is 1.69. The number of rotatable bonds is 4. The number of nitro groups is 1. The Kier molecular flexibility index (Phi) is 4.12. The molecule has 0 amide bonds. The summed E-state index contributed by atoms with van der Waals surface area (Å²) in [7, 11) is 5.43. The predicted octanol–water partition coefficient (Wildman–Crippen LogP) is 1.47. The maximum atomic E-state index is 11.4. The molecular weight excluding hydrogens is 314 g/mol. The van der Waals surface area contributed by atoms with E-state index in [0.29, 0.717) is 29.9 Å². The van der Waals surface area contributed by atoms with E-state index in [0.717, 1.165) is 19.4 Å². The summed E-state index contributed by atoms with van der Waals surface area (Å²) in [5.41, 5.74) is 0.491. The highest BCUT2D eigenvalue weighted by Crippen LogP contribution is 2.35. The number of hydrogen-bond donors (Lipinski definition) is 0.